The van der Waals surface area contributed by atoms with Gasteiger partial charge < -0.3 is 10.1 Å². The first kappa shape index (κ1) is 10.8. The second kappa shape index (κ2) is 4.06. The SMILES string of the molecule is CC1(C)COCC(C2C=CC(F)=CC2)N1. The Labute approximate surface area is 90.2 Å². The predicted molar refractivity (Wildman–Crippen MR) is 58.3 cm³/mol. The highest BCUT2D eigenvalue weighted by atomic mass is 19.1. The second-order valence-corrected chi connectivity index (χ2v) is 5.00. The first-order chi connectivity index (χ1) is 7.07. The molecule has 0 aromatic carbocycles. The van der Waals surface area contributed by atoms with Gasteiger partial charge in [-0.2, -0.15) is 0 Å². The summed E-state index contributed by atoms with van der Waals surface area (Å²) >= 11 is 0. The van der Waals surface area contributed by atoms with Crippen LogP contribution < -0.4 is 5.32 Å². The van der Waals surface area contributed by atoms with Crippen molar-refractivity contribution < 1.29 is 9.13 Å². The third-order valence-corrected chi connectivity index (χ3v) is 2.94. The van der Waals surface area contributed by atoms with Gasteiger partial charge in [-0.05, 0) is 38.3 Å². The van der Waals surface area contributed by atoms with Crippen LogP contribution >= 0.6 is 0 Å². The summed E-state index contributed by atoms with van der Waals surface area (Å²) < 4.78 is 18.4. The molecule has 1 saturated heterocycles. The summed E-state index contributed by atoms with van der Waals surface area (Å²) in [6.07, 6.45) is 5.91. The third kappa shape index (κ3) is 2.67. The molecular weight excluding hydrogens is 193 g/mol. The molecule has 2 unspecified atom stereocenters. The highest BCUT2D eigenvalue weighted by Gasteiger charge is 2.31. The number of ether oxygens (including phenoxy) is 1. The molecule has 1 N–H and O–H groups in total. The summed E-state index contributed by atoms with van der Waals surface area (Å²) in [5, 5.41) is 3.55. The van der Waals surface area contributed by atoms with Crippen LogP contribution in [0.3, 0.4) is 0 Å². The fourth-order valence-electron chi connectivity index (χ4n) is 2.17. The third-order valence-electron chi connectivity index (χ3n) is 2.94. The van der Waals surface area contributed by atoms with E-state index in [1.807, 2.05) is 6.08 Å². The normalized spacial score (nSPS) is 35.0. The van der Waals surface area contributed by atoms with Crippen molar-refractivity contribution in [2.75, 3.05) is 13.2 Å². The number of halogens is 1. The Morgan fingerprint density at radius 1 is 1.53 bits per heavy atom. The lowest BCUT2D eigenvalue weighted by molar-refractivity contribution is 0.00242. The summed E-state index contributed by atoms with van der Waals surface area (Å²) in [6, 6.07) is 0.300. The summed E-state index contributed by atoms with van der Waals surface area (Å²) in [6.45, 7) is 5.71. The topological polar surface area (TPSA) is 21.3 Å². The molecule has 2 atom stereocenters. The highest BCUT2D eigenvalue weighted by Crippen LogP contribution is 2.24. The number of hydrogen-bond donors (Lipinski definition) is 1. The van der Waals surface area contributed by atoms with Gasteiger partial charge in [-0.1, -0.05) is 6.08 Å². The number of rotatable bonds is 1. The molecule has 0 radical (unpaired) electrons. The molecule has 3 heteroatoms. The zero-order valence-corrected chi connectivity index (χ0v) is 9.29. The van der Waals surface area contributed by atoms with E-state index in [0.717, 1.165) is 13.0 Å². The van der Waals surface area contributed by atoms with Crippen LogP contribution in [-0.4, -0.2) is 24.8 Å². The van der Waals surface area contributed by atoms with E-state index in [0.29, 0.717) is 18.6 Å². The fourth-order valence-corrected chi connectivity index (χ4v) is 2.17. The van der Waals surface area contributed by atoms with Crippen LogP contribution in [0, 0.1) is 5.92 Å². The molecule has 0 aromatic heterocycles. The van der Waals surface area contributed by atoms with Gasteiger partial charge in [0.05, 0.1) is 13.2 Å². The average Bonchev–Trinajstić information content (AvgIpc) is 2.17. The molecule has 1 heterocycles. The number of nitrogens with one attached hydrogen (secondary N) is 1. The van der Waals surface area contributed by atoms with Crippen LogP contribution in [0.1, 0.15) is 20.3 Å². The van der Waals surface area contributed by atoms with Gasteiger partial charge in [-0.15, -0.1) is 0 Å². The smallest absolute Gasteiger partial charge is 0.118 e. The second-order valence-electron chi connectivity index (χ2n) is 5.00. The molecule has 15 heavy (non-hydrogen) atoms. The van der Waals surface area contributed by atoms with E-state index in [9.17, 15) is 4.39 Å². The Kier molecular flexibility index (Phi) is 2.94. The quantitative estimate of drug-likeness (QED) is 0.717. The predicted octanol–water partition coefficient (Wildman–Crippen LogP) is 2.18. The minimum absolute atomic E-state index is 0.0243. The largest absolute Gasteiger partial charge is 0.378 e. The lowest BCUT2D eigenvalue weighted by Gasteiger charge is -2.40. The van der Waals surface area contributed by atoms with Crippen LogP contribution in [0.25, 0.3) is 0 Å². The Hall–Kier alpha value is -0.670. The van der Waals surface area contributed by atoms with E-state index in [-0.39, 0.29) is 11.4 Å². The van der Waals surface area contributed by atoms with E-state index < -0.39 is 0 Å². The van der Waals surface area contributed by atoms with Crippen molar-refractivity contribution in [2.24, 2.45) is 5.92 Å². The van der Waals surface area contributed by atoms with Crippen molar-refractivity contribution in [3.63, 3.8) is 0 Å². The molecule has 2 aliphatic rings. The van der Waals surface area contributed by atoms with Crippen molar-refractivity contribution in [3.8, 4) is 0 Å². The summed E-state index contributed by atoms with van der Waals surface area (Å²) in [5.74, 6) is 0.228. The van der Waals surface area contributed by atoms with Crippen molar-refractivity contribution in [1.82, 2.24) is 5.32 Å². The van der Waals surface area contributed by atoms with Crippen molar-refractivity contribution >= 4 is 0 Å². The summed E-state index contributed by atoms with van der Waals surface area (Å²) in [7, 11) is 0. The number of hydrogen-bond acceptors (Lipinski definition) is 2. The molecule has 0 aromatic rings. The van der Waals surface area contributed by atoms with Crippen LogP contribution in [-0.2, 0) is 4.74 Å². The monoisotopic (exact) mass is 211 g/mol. The lowest BCUT2D eigenvalue weighted by atomic mass is 9.89. The Morgan fingerprint density at radius 2 is 2.33 bits per heavy atom. The van der Waals surface area contributed by atoms with Gasteiger partial charge in [0.25, 0.3) is 0 Å². The molecule has 0 spiro atoms. The van der Waals surface area contributed by atoms with Crippen molar-refractivity contribution in [1.29, 1.82) is 0 Å². The Morgan fingerprint density at radius 3 is 2.93 bits per heavy atom. The van der Waals surface area contributed by atoms with Gasteiger partial charge in [0.15, 0.2) is 0 Å². The number of morpholine rings is 1. The summed E-state index contributed by atoms with van der Waals surface area (Å²) in [4.78, 5) is 0. The lowest BCUT2D eigenvalue weighted by Crippen LogP contribution is -2.57. The summed E-state index contributed by atoms with van der Waals surface area (Å²) in [5.41, 5.74) is 0.0243. The average molecular weight is 211 g/mol. The zero-order valence-electron chi connectivity index (χ0n) is 9.29. The maximum absolute atomic E-state index is 12.8. The molecule has 1 fully saturated rings. The van der Waals surface area contributed by atoms with E-state index in [2.05, 4.69) is 19.2 Å². The standard InChI is InChI=1S/C12H18FNO/c1-12(2)8-15-7-11(14-12)9-3-5-10(13)6-4-9/h3,5-6,9,11,14H,4,7-8H2,1-2H3. The highest BCUT2D eigenvalue weighted by molar-refractivity contribution is 5.19. The number of allylic oxidation sites excluding steroid dienone is 3. The fraction of sp³-hybridized carbons (Fsp3) is 0.667. The Bertz CT molecular complexity index is 296. The molecule has 1 aliphatic heterocycles. The molecule has 2 nitrogen and oxygen atoms in total. The van der Waals surface area contributed by atoms with Crippen LogP contribution in [0.5, 0.6) is 0 Å². The molecule has 1 aliphatic carbocycles. The van der Waals surface area contributed by atoms with Crippen LogP contribution in [0.2, 0.25) is 0 Å². The van der Waals surface area contributed by atoms with Crippen molar-refractivity contribution in [3.05, 3.63) is 24.1 Å². The molecule has 0 amide bonds. The van der Waals surface area contributed by atoms with Gasteiger partial charge in [0.1, 0.15) is 5.83 Å². The van der Waals surface area contributed by atoms with E-state index >= 15 is 0 Å². The Balaban J connectivity index is 1.97. The van der Waals surface area contributed by atoms with Crippen LogP contribution in [0.4, 0.5) is 4.39 Å². The molecule has 0 bridgehead atoms. The molecule has 0 saturated carbocycles. The van der Waals surface area contributed by atoms with Crippen LogP contribution in [0.15, 0.2) is 24.1 Å². The minimum Gasteiger partial charge on any atom is -0.378 e. The maximum Gasteiger partial charge on any atom is 0.118 e. The van der Waals surface area contributed by atoms with E-state index in [1.165, 1.54) is 0 Å². The maximum atomic E-state index is 12.8. The molecular formula is C12H18FNO. The van der Waals surface area contributed by atoms with Gasteiger partial charge in [-0.3, -0.25) is 0 Å². The van der Waals surface area contributed by atoms with E-state index in [1.54, 1.807) is 12.2 Å². The van der Waals surface area contributed by atoms with Gasteiger partial charge in [-0.25, -0.2) is 4.39 Å². The van der Waals surface area contributed by atoms with Gasteiger partial charge in [0, 0.05) is 11.6 Å². The van der Waals surface area contributed by atoms with Gasteiger partial charge in [0.2, 0.25) is 0 Å². The minimum atomic E-state index is -0.123. The van der Waals surface area contributed by atoms with E-state index in [4.69, 9.17) is 4.74 Å². The molecule has 2 rings (SSSR count). The van der Waals surface area contributed by atoms with Crippen molar-refractivity contribution in [2.45, 2.75) is 31.8 Å². The van der Waals surface area contributed by atoms with Gasteiger partial charge >= 0.3 is 0 Å². The first-order valence-corrected chi connectivity index (χ1v) is 5.46. The first-order valence-electron chi connectivity index (χ1n) is 5.46. The molecule has 84 valence electrons. The zero-order chi connectivity index (χ0) is 10.9.